The number of ether oxygens (including phenoxy) is 2. The van der Waals surface area contributed by atoms with Gasteiger partial charge in [0.15, 0.2) is 0 Å². The van der Waals surface area contributed by atoms with E-state index in [1.54, 1.807) is 0 Å². The molecule has 2 rings (SSSR count). The van der Waals surface area contributed by atoms with Gasteiger partial charge >= 0.3 is 5.97 Å². The lowest BCUT2D eigenvalue weighted by Gasteiger charge is -2.46. The predicted molar refractivity (Wildman–Crippen MR) is 61.2 cm³/mol. The van der Waals surface area contributed by atoms with Crippen LogP contribution in [0.1, 0.15) is 58.3 Å². The Morgan fingerprint density at radius 3 is 3.00 bits per heavy atom. The normalized spacial score (nSPS) is 34.2. The van der Waals surface area contributed by atoms with Gasteiger partial charge in [-0.3, -0.25) is 4.79 Å². The molecule has 1 saturated carbocycles. The van der Waals surface area contributed by atoms with Gasteiger partial charge in [0.1, 0.15) is 5.60 Å². The summed E-state index contributed by atoms with van der Waals surface area (Å²) >= 11 is 0. The monoisotopic (exact) mass is 226 g/mol. The smallest absolute Gasteiger partial charge is 0.306 e. The quantitative estimate of drug-likeness (QED) is 0.694. The van der Waals surface area contributed by atoms with Crippen LogP contribution in [0.5, 0.6) is 0 Å². The lowest BCUT2D eigenvalue weighted by Crippen LogP contribution is -2.52. The van der Waals surface area contributed by atoms with Gasteiger partial charge in [-0.05, 0) is 38.5 Å². The van der Waals surface area contributed by atoms with Crippen LogP contribution in [-0.2, 0) is 14.3 Å². The Morgan fingerprint density at radius 2 is 2.19 bits per heavy atom. The Balaban J connectivity index is 2.02. The average Bonchev–Trinajstić information content (AvgIpc) is 2.29. The van der Waals surface area contributed by atoms with Gasteiger partial charge in [-0.2, -0.15) is 0 Å². The molecule has 16 heavy (non-hydrogen) atoms. The zero-order chi connectivity index (χ0) is 11.4. The Morgan fingerprint density at radius 1 is 1.38 bits per heavy atom. The number of hydrogen-bond acceptors (Lipinski definition) is 3. The van der Waals surface area contributed by atoms with Crippen LogP contribution in [0.4, 0.5) is 0 Å². The minimum absolute atomic E-state index is 0.0418. The van der Waals surface area contributed by atoms with Crippen molar-refractivity contribution in [1.29, 1.82) is 0 Å². The second-order valence-corrected chi connectivity index (χ2v) is 5.00. The molecule has 2 atom stereocenters. The molecule has 3 nitrogen and oxygen atoms in total. The van der Waals surface area contributed by atoms with E-state index in [0.717, 1.165) is 38.7 Å². The van der Waals surface area contributed by atoms with E-state index in [0.29, 0.717) is 6.42 Å². The van der Waals surface area contributed by atoms with Gasteiger partial charge < -0.3 is 9.47 Å². The van der Waals surface area contributed by atoms with Crippen molar-refractivity contribution < 1.29 is 14.3 Å². The van der Waals surface area contributed by atoms with Gasteiger partial charge in [0.25, 0.3) is 0 Å². The predicted octanol–water partition coefficient (Wildman–Crippen LogP) is 2.82. The molecule has 1 aliphatic carbocycles. The Kier molecular flexibility index (Phi) is 3.85. The summed E-state index contributed by atoms with van der Waals surface area (Å²) in [5, 5.41) is 0. The molecule has 92 valence electrons. The Bertz CT molecular complexity index is 238. The topological polar surface area (TPSA) is 35.5 Å². The maximum atomic E-state index is 11.7. The third-order valence-corrected chi connectivity index (χ3v) is 3.74. The fourth-order valence-corrected chi connectivity index (χ4v) is 2.95. The highest BCUT2D eigenvalue weighted by Gasteiger charge is 2.46. The molecule has 2 unspecified atom stereocenters. The van der Waals surface area contributed by atoms with Crippen LogP contribution in [0.3, 0.4) is 0 Å². The zero-order valence-corrected chi connectivity index (χ0v) is 10.2. The van der Waals surface area contributed by atoms with Crippen molar-refractivity contribution in [2.75, 3.05) is 6.61 Å². The molecule has 0 amide bonds. The van der Waals surface area contributed by atoms with Crippen LogP contribution >= 0.6 is 0 Å². The maximum absolute atomic E-state index is 11.7. The fourth-order valence-electron chi connectivity index (χ4n) is 2.95. The SMILES string of the molecule is CCCC(=O)OC12CCCCC1OCCC2. The van der Waals surface area contributed by atoms with Gasteiger partial charge in [0.2, 0.25) is 0 Å². The summed E-state index contributed by atoms with van der Waals surface area (Å²) in [5.74, 6) is -0.0418. The summed E-state index contributed by atoms with van der Waals surface area (Å²) in [4.78, 5) is 11.7. The highest BCUT2D eigenvalue weighted by molar-refractivity contribution is 5.69. The minimum Gasteiger partial charge on any atom is -0.456 e. The first kappa shape index (κ1) is 11.9. The summed E-state index contributed by atoms with van der Waals surface area (Å²) in [7, 11) is 0. The molecule has 0 N–H and O–H groups in total. The summed E-state index contributed by atoms with van der Waals surface area (Å²) in [6.07, 6.45) is 8.00. The molecule has 1 saturated heterocycles. The van der Waals surface area contributed by atoms with E-state index in [4.69, 9.17) is 9.47 Å². The van der Waals surface area contributed by atoms with E-state index in [1.165, 1.54) is 12.8 Å². The molecule has 3 heteroatoms. The second-order valence-electron chi connectivity index (χ2n) is 5.00. The van der Waals surface area contributed by atoms with E-state index in [2.05, 4.69) is 0 Å². The van der Waals surface area contributed by atoms with Crippen molar-refractivity contribution in [2.45, 2.75) is 70.0 Å². The molecular formula is C13H22O3. The molecule has 1 aliphatic heterocycles. The number of esters is 1. The van der Waals surface area contributed by atoms with Gasteiger partial charge in [-0.25, -0.2) is 0 Å². The number of carbonyl (C=O) groups excluding carboxylic acids is 1. The summed E-state index contributed by atoms with van der Waals surface area (Å²) < 4.78 is 11.5. The standard InChI is InChI=1S/C13H22O3/c1-2-6-12(14)16-13-8-4-3-7-11(13)15-10-5-9-13/h11H,2-10H2,1H3. The van der Waals surface area contributed by atoms with E-state index in [9.17, 15) is 4.79 Å². The molecule has 0 aromatic rings. The van der Waals surface area contributed by atoms with E-state index < -0.39 is 0 Å². The second kappa shape index (κ2) is 5.17. The van der Waals surface area contributed by atoms with Crippen LogP contribution in [-0.4, -0.2) is 24.3 Å². The van der Waals surface area contributed by atoms with E-state index in [-0.39, 0.29) is 17.7 Å². The number of rotatable bonds is 3. The molecular weight excluding hydrogens is 204 g/mol. The maximum Gasteiger partial charge on any atom is 0.306 e. The minimum atomic E-state index is -0.275. The van der Waals surface area contributed by atoms with Crippen molar-refractivity contribution >= 4 is 5.97 Å². The third-order valence-electron chi connectivity index (χ3n) is 3.74. The average molecular weight is 226 g/mol. The molecule has 1 heterocycles. The number of hydrogen-bond donors (Lipinski definition) is 0. The summed E-state index contributed by atoms with van der Waals surface area (Å²) in [5.41, 5.74) is -0.275. The van der Waals surface area contributed by atoms with Gasteiger partial charge in [0.05, 0.1) is 6.10 Å². The zero-order valence-electron chi connectivity index (χ0n) is 10.2. The Labute approximate surface area is 97.5 Å². The molecule has 0 bridgehead atoms. The van der Waals surface area contributed by atoms with E-state index >= 15 is 0 Å². The van der Waals surface area contributed by atoms with Crippen molar-refractivity contribution in [3.05, 3.63) is 0 Å². The fraction of sp³-hybridized carbons (Fsp3) is 0.923. The number of fused-ring (bicyclic) bond motifs is 1. The lowest BCUT2D eigenvalue weighted by molar-refractivity contribution is -0.202. The van der Waals surface area contributed by atoms with Crippen LogP contribution in [0.2, 0.25) is 0 Å². The molecule has 0 aromatic heterocycles. The number of carbonyl (C=O) groups is 1. The van der Waals surface area contributed by atoms with Crippen LogP contribution in [0, 0.1) is 0 Å². The largest absolute Gasteiger partial charge is 0.456 e. The third kappa shape index (κ3) is 2.40. The highest BCUT2D eigenvalue weighted by atomic mass is 16.6. The summed E-state index contributed by atoms with van der Waals surface area (Å²) in [6.45, 7) is 2.84. The van der Waals surface area contributed by atoms with Crippen molar-refractivity contribution in [3.8, 4) is 0 Å². The van der Waals surface area contributed by atoms with E-state index in [1.807, 2.05) is 6.92 Å². The highest BCUT2D eigenvalue weighted by Crippen LogP contribution is 2.40. The van der Waals surface area contributed by atoms with Crippen LogP contribution in [0.15, 0.2) is 0 Å². The lowest BCUT2D eigenvalue weighted by atomic mass is 9.77. The van der Waals surface area contributed by atoms with Crippen molar-refractivity contribution in [3.63, 3.8) is 0 Å². The van der Waals surface area contributed by atoms with Crippen LogP contribution < -0.4 is 0 Å². The molecule has 0 spiro atoms. The molecule has 0 radical (unpaired) electrons. The van der Waals surface area contributed by atoms with Gasteiger partial charge in [-0.15, -0.1) is 0 Å². The first-order valence-electron chi connectivity index (χ1n) is 6.60. The van der Waals surface area contributed by atoms with Crippen molar-refractivity contribution in [1.82, 2.24) is 0 Å². The first-order valence-corrected chi connectivity index (χ1v) is 6.60. The Hall–Kier alpha value is -0.570. The molecule has 2 aliphatic rings. The molecule has 2 fully saturated rings. The van der Waals surface area contributed by atoms with Gasteiger partial charge in [0, 0.05) is 13.0 Å². The van der Waals surface area contributed by atoms with Gasteiger partial charge in [-0.1, -0.05) is 13.3 Å². The first-order chi connectivity index (χ1) is 7.77. The summed E-state index contributed by atoms with van der Waals surface area (Å²) in [6, 6.07) is 0. The van der Waals surface area contributed by atoms with Crippen LogP contribution in [0.25, 0.3) is 0 Å². The van der Waals surface area contributed by atoms with Crippen molar-refractivity contribution in [2.24, 2.45) is 0 Å². The molecule has 0 aromatic carbocycles.